The van der Waals surface area contributed by atoms with Gasteiger partial charge in [0.15, 0.2) is 0 Å². The molecular formula is C14H17N3O3S. The van der Waals surface area contributed by atoms with E-state index in [1.165, 1.54) is 17.5 Å². The van der Waals surface area contributed by atoms with Crippen molar-refractivity contribution in [2.75, 3.05) is 11.9 Å². The lowest BCUT2D eigenvalue weighted by atomic mass is 10.0. The Kier molecular flexibility index (Phi) is 4.03. The number of rotatable bonds is 4. The third kappa shape index (κ3) is 2.84. The van der Waals surface area contributed by atoms with E-state index in [0.29, 0.717) is 18.4 Å². The highest BCUT2D eigenvalue weighted by Crippen LogP contribution is 2.36. The number of anilines is 1. The first-order chi connectivity index (χ1) is 10.2. The van der Waals surface area contributed by atoms with E-state index in [1.807, 2.05) is 11.4 Å². The van der Waals surface area contributed by atoms with Crippen LogP contribution in [0.15, 0.2) is 17.6 Å². The predicted molar refractivity (Wildman–Crippen MR) is 83.0 cm³/mol. The number of hydrogen-bond acceptors (Lipinski definition) is 6. The third-order valence-electron chi connectivity index (χ3n) is 3.82. The minimum Gasteiger partial charge on any atom is -0.376 e. The van der Waals surface area contributed by atoms with Crippen LogP contribution in [0.1, 0.15) is 26.2 Å². The van der Waals surface area contributed by atoms with E-state index in [0.717, 1.165) is 29.5 Å². The molecule has 0 aromatic carbocycles. The second-order valence-electron chi connectivity index (χ2n) is 5.19. The summed E-state index contributed by atoms with van der Waals surface area (Å²) in [6, 6.07) is 1.98. The van der Waals surface area contributed by atoms with Gasteiger partial charge in [-0.3, -0.25) is 10.1 Å². The Balaban J connectivity index is 1.87. The molecule has 6 nitrogen and oxygen atoms in total. The predicted octanol–water partition coefficient (Wildman–Crippen LogP) is 3.57. The summed E-state index contributed by atoms with van der Waals surface area (Å²) in [5.74, 6) is 0. The van der Waals surface area contributed by atoms with Gasteiger partial charge in [-0.05, 0) is 30.7 Å². The maximum atomic E-state index is 11.2. The highest BCUT2D eigenvalue weighted by molar-refractivity contribution is 7.17. The minimum absolute atomic E-state index is 0.0302. The Morgan fingerprint density at radius 1 is 1.57 bits per heavy atom. The van der Waals surface area contributed by atoms with Gasteiger partial charge in [0, 0.05) is 6.04 Å². The highest BCUT2D eigenvalue weighted by atomic mass is 32.1. The standard InChI is InChI=1S/C14H17N3O3S/c1-2-10-4-3-9(8-20-10)16-13-12(17(18)19)7-15-11-5-6-21-14(11)13/h5-7,9-10H,2-4,8H2,1H3,(H,15,16)/t9-,10-/m0/s1. The summed E-state index contributed by atoms with van der Waals surface area (Å²) in [5, 5.41) is 16.4. The zero-order valence-corrected chi connectivity index (χ0v) is 12.6. The summed E-state index contributed by atoms with van der Waals surface area (Å²) in [5.41, 5.74) is 1.39. The molecule has 3 rings (SSSR count). The smallest absolute Gasteiger partial charge is 0.311 e. The Labute approximate surface area is 126 Å². The van der Waals surface area contributed by atoms with Crippen LogP contribution in [-0.4, -0.2) is 28.7 Å². The molecule has 1 aliphatic heterocycles. The second kappa shape index (κ2) is 5.95. The van der Waals surface area contributed by atoms with Crippen LogP contribution in [0.5, 0.6) is 0 Å². The van der Waals surface area contributed by atoms with Gasteiger partial charge >= 0.3 is 5.69 Å². The molecule has 0 aliphatic carbocycles. The zero-order chi connectivity index (χ0) is 14.8. The summed E-state index contributed by atoms with van der Waals surface area (Å²) in [6.45, 7) is 2.70. The molecule has 1 saturated heterocycles. The van der Waals surface area contributed by atoms with Crippen LogP contribution >= 0.6 is 11.3 Å². The number of ether oxygens (including phenoxy) is 1. The van der Waals surface area contributed by atoms with Crippen molar-refractivity contribution in [1.29, 1.82) is 0 Å². The average molecular weight is 307 g/mol. The largest absolute Gasteiger partial charge is 0.376 e. The molecule has 2 aromatic rings. The number of fused-ring (bicyclic) bond motifs is 1. The van der Waals surface area contributed by atoms with Crippen molar-refractivity contribution in [2.24, 2.45) is 0 Å². The molecule has 1 fully saturated rings. The van der Waals surface area contributed by atoms with E-state index in [4.69, 9.17) is 4.74 Å². The van der Waals surface area contributed by atoms with Crippen LogP contribution in [-0.2, 0) is 4.74 Å². The fourth-order valence-corrected chi connectivity index (χ4v) is 3.48. The highest BCUT2D eigenvalue weighted by Gasteiger charge is 2.25. The molecule has 2 atom stereocenters. The van der Waals surface area contributed by atoms with E-state index >= 15 is 0 Å². The Hall–Kier alpha value is -1.73. The number of hydrogen-bond donors (Lipinski definition) is 1. The SMILES string of the molecule is CC[C@H]1CC[C@H](Nc2c([N+](=O)[O-])cnc3ccsc23)CO1. The molecule has 21 heavy (non-hydrogen) atoms. The van der Waals surface area contributed by atoms with Crippen LogP contribution in [0.2, 0.25) is 0 Å². The van der Waals surface area contributed by atoms with Crippen LogP contribution < -0.4 is 5.32 Å². The topological polar surface area (TPSA) is 77.3 Å². The van der Waals surface area contributed by atoms with Crippen molar-refractivity contribution >= 4 is 32.9 Å². The van der Waals surface area contributed by atoms with Gasteiger partial charge in [-0.2, -0.15) is 0 Å². The molecule has 0 radical (unpaired) electrons. The van der Waals surface area contributed by atoms with Crippen molar-refractivity contribution in [3.05, 3.63) is 27.8 Å². The maximum Gasteiger partial charge on any atom is 0.311 e. The van der Waals surface area contributed by atoms with Crippen molar-refractivity contribution in [1.82, 2.24) is 4.98 Å². The molecule has 1 N–H and O–H groups in total. The molecule has 0 unspecified atom stereocenters. The first-order valence-electron chi connectivity index (χ1n) is 7.07. The summed E-state index contributed by atoms with van der Waals surface area (Å²) in [7, 11) is 0. The number of aromatic nitrogens is 1. The monoisotopic (exact) mass is 307 g/mol. The molecule has 2 aromatic heterocycles. The number of nitro groups is 1. The van der Waals surface area contributed by atoms with Crippen LogP contribution in [0.25, 0.3) is 10.2 Å². The summed E-state index contributed by atoms with van der Waals surface area (Å²) in [4.78, 5) is 15.0. The maximum absolute atomic E-state index is 11.2. The number of nitrogens with zero attached hydrogens (tertiary/aromatic N) is 2. The molecule has 0 spiro atoms. The van der Waals surface area contributed by atoms with Gasteiger partial charge < -0.3 is 10.1 Å². The summed E-state index contributed by atoms with van der Waals surface area (Å²) in [6.07, 6.45) is 4.61. The lowest BCUT2D eigenvalue weighted by Gasteiger charge is -2.29. The molecule has 0 saturated carbocycles. The Morgan fingerprint density at radius 2 is 2.43 bits per heavy atom. The van der Waals surface area contributed by atoms with Crippen molar-refractivity contribution in [3.63, 3.8) is 0 Å². The molecule has 0 amide bonds. The van der Waals surface area contributed by atoms with E-state index in [-0.39, 0.29) is 16.7 Å². The number of nitrogens with one attached hydrogen (secondary N) is 1. The third-order valence-corrected chi connectivity index (χ3v) is 4.75. The average Bonchev–Trinajstić information content (AvgIpc) is 2.97. The zero-order valence-electron chi connectivity index (χ0n) is 11.7. The normalized spacial score (nSPS) is 22.3. The van der Waals surface area contributed by atoms with Gasteiger partial charge in [0.2, 0.25) is 0 Å². The van der Waals surface area contributed by atoms with Gasteiger partial charge in [-0.15, -0.1) is 11.3 Å². The molecule has 3 heterocycles. The second-order valence-corrected chi connectivity index (χ2v) is 6.11. The first kappa shape index (κ1) is 14.2. The fraction of sp³-hybridized carbons (Fsp3) is 0.500. The molecule has 1 aliphatic rings. The van der Waals surface area contributed by atoms with Gasteiger partial charge in [0.25, 0.3) is 0 Å². The number of thiophene rings is 1. The van der Waals surface area contributed by atoms with Gasteiger partial charge in [0.05, 0.1) is 27.9 Å². The van der Waals surface area contributed by atoms with Crippen molar-refractivity contribution in [2.45, 2.75) is 38.3 Å². The Morgan fingerprint density at radius 3 is 3.10 bits per heavy atom. The van der Waals surface area contributed by atoms with Gasteiger partial charge in [-0.25, -0.2) is 4.98 Å². The number of pyridine rings is 1. The summed E-state index contributed by atoms with van der Waals surface area (Å²) < 4.78 is 6.60. The van der Waals surface area contributed by atoms with Gasteiger partial charge in [0.1, 0.15) is 11.9 Å². The Bertz CT molecular complexity index is 650. The van der Waals surface area contributed by atoms with Crippen LogP contribution in [0, 0.1) is 10.1 Å². The molecule has 112 valence electrons. The van der Waals surface area contributed by atoms with Crippen LogP contribution in [0.4, 0.5) is 11.4 Å². The molecule has 0 bridgehead atoms. The van der Waals surface area contributed by atoms with Crippen molar-refractivity contribution < 1.29 is 9.66 Å². The lowest BCUT2D eigenvalue weighted by molar-refractivity contribution is -0.384. The van der Waals surface area contributed by atoms with Crippen molar-refractivity contribution in [3.8, 4) is 0 Å². The van der Waals surface area contributed by atoms with E-state index in [9.17, 15) is 10.1 Å². The first-order valence-corrected chi connectivity index (χ1v) is 7.95. The molecule has 7 heteroatoms. The quantitative estimate of drug-likeness (QED) is 0.690. The minimum atomic E-state index is -0.382. The fourth-order valence-electron chi connectivity index (χ4n) is 2.63. The van der Waals surface area contributed by atoms with Crippen LogP contribution in [0.3, 0.4) is 0 Å². The molecular weight excluding hydrogens is 290 g/mol. The van der Waals surface area contributed by atoms with E-state index in [1.54, 1.807) is 0 Å². The van der Waals surface area contributed by atoms with Gasteiger partial charge in [-0.1, -0.05) is 6.92 Å². The van der Waals surface area contributed by atoms with E-state index in [2.05, 4.69) is 17.2 Å². The van der Waals surface area contributed by atoms with E-state index < -0.39 is 0 Å². The summed E-state index contributed by atoms with van der Waals surface area (Å²) >= 11 is 1.47. The lowest BCUT2D eigenvalue weighted by Crippen LogP contribution is -2.34.